The number of amides is 1. The van der Waals surface area contributed by atoms with Crippen LogP contribution in [0.4, 0.5) is 5.95 Å². The van der Waals surface area contributed by atoms with E-state index in [1.807, 2.05) is 19.1 Å². The molecule has 1 amide bonds. The predicted octanol–water partition coefficient (Wildman–Crippen LogP) is 2.30. The van der Waals surface area contributed by atoms with Gasteiger partial charge in [0.2, 0.25) is 12.7 Å². The Labute approximate surface area is 160 Å². The largest absolute Gasteiger partial charge is 0.454 e. The van der Waals surface area contributed by atoms with Crippen LogP contribution in [0.1, 0.15) is 12.5 Å². The van der Waals surface area contributed by atoms with Gasteiger partial charge in [-0.15, -0.1) is 0 Å². The lowest BCUT2D eigenvalue weighted by Gasteiger charge is -2.13. The van der Waals surface area contributed by atoms with E-state index in [4.69, 9.17) is 9.47 Å². The van der Waals surface area contributed by atoms with Crippen LogP contribution in [-0.4, -0.2) is 22.3 Å². The number of carbonyl (C=O) groups excluding carboxylic acids is 1. The number of hydrazine groups is 1. The predicted molar refractivity (Wildman–Crippen MR) is 105 cm³/mol. The summed E-state index contributed by atoms with van der Waals surface area (Å²) in [7, 11) is 0. The molecule has 28 heavy (non-hydrogen) atoms. The lowest BCUT2D eigenvalue weighted by Crippen LogP contribution is -2.33. The van der Waals surface area contributed by atoms with Gasteiger partial charge in [-0.2, -0.15) is 0 Å². The van der Waals surface area contributed by atoms with Crippen molar-refractivity contribution in [3.8, 4) is 11.5 Å². The van der Waals surface area contributed by atoms with Gasteiger partial charge < -0.3 is 9.47 Å². The summed E-state index contributed by atoms with van der Waals surface area (Å²) in [6.45, 7) is 2.46. The third-order valence-corrected chi connectivity index (χ3v) is 4.30. The number of anilines is 1. The van der Waals surface area contributed by atoms with E-state index in [0.717, 1.165) is 5.56 Å². The molecule has 0 bridgehead atoms. The van der Waals surface area contributed by atoms with E-state index in [1.165, 1.54) is 10.6 Å². The molecule has 4 rings (SSSR count). The fraction of sp³-hybridized carbons (Fsp3) is 0.150. The van der Waals surface area contributed by atoms with Gasteiger partial charge in [0.15, 0.2) is 11.5 Å². The first-order valence-electron chi connectivity index (χ1n) is 8.79. The molecule has 0 spiro atoms. The van der Waals surface area contributed by atoms with E-state index < -0.39 is 0 Å². The number of hydrogen-bond acceptors (Lipinski definition) is 6. The Hall–Kier alpha value is -3.81. The number of nitrogens with one attached hydrogen (secondary N) is 2. The monoisotopic (exact) mass is 378 g/mol. The maximum atomic E-state index is 12.6. The van der Waals surface area contributed by atoms with Crippen LogP contribution >= 0.6 is 0 Å². The first kappa shape index (κ1) is 17.6. The number of para-hydroxylation sites is 1. The van der Waals surface area contributed by atoms with Crippen LogP contribution in [-0.2, 0) is 11.3 Å². The third-order valence-electron chi connectivity index (χ3n) is 4.30. The summed E-state index contributed by atoms with van der Waals surface area (Å²) in [5, 5.41) is 0.531. The van der Waals surface area contributed by atoms with E-state index in [0.29, 0.717) is 28.9 Å². The van der Waals surface area contributed by atoms with Crippen molar-refractivity contribution >= 4 is 28.8 Å². The summed E-state index contributed by atoms with van der Waals surface area (Å²) in [4.78, 5) is 29.1. The van der Waals surface area contributed by atoms with Crippen LogP contribution in [0.3, 0.4) is 0 Å². The molecule has 0 saturated carbocycles. The molecule has 2 aromatic carbocycles. The highest BCUT2D eigenvalue weighted by Crippen LogP contribution is 2.32. The Kier molecular flexibility index (Phi) is 4.67. The second-order valence-electron chi connectivity index (χ2n) is 6.06. The van der Waals surface area contributed by atoms with Gasteiger partial charge in [-0.05, 0) is 42.8 Å². The lowest BCUT2D eigenvalue weighted by molar-refractivity contribution is -0.116. The maximum Gasteiger partial charge on any atom is 0.262 e. The van der Waals surface area contributed by atoms with Crippen molar-refractivity contribution in [2.45, 2.75) is 13.5 Å². The Bertz CT molecular complexity index is 1140. The molecular weight excluding hydrogens is 360 g/mol. The van der Waals surface area contributed by atoms with E-state index in [9.17, 15) is 9.59 Å². The number of ether oxygens (including phenoxy) is 2. The van der Waals surface area contributed by atoms with Gasteiger partial charge in [0, 0.05) is 12.6 Å². The highest BCUT2D eigenvalue weighted by molar-refractivity contribution is 5.92. The van der Waals surface area contributed by atoms with Crippen molar-refractivity contribution in [3.63, 3.8) is 0 Å². The normalized spacial score (nSPS) is 12.5. The van der Waals surface area contributed by atoms with Crippen LogP contribution < -0.4 is 25.9 Å². The fourth-order valence-electron chi connectivity index (χ4n) is 2.90. The van der Waals surface area contributed by atoms with E-state index >= 15 is 0 Å². The molecule has 0 atom stereocenters. The summed E-state index contributed by atoms with van der Waals surface area (Å²) >= 11 is 0. The minimum atomic E-state index is -0.386. The first-order chi connectivity index (χ1) is 13.7. The molecule has 0 aliphatic carbocycles. The average molecular weight is 378 g/mol. The molecule has 0 unspecified atom stereocenters. The molecule has 1 aliphatic rings. The summed E-state index contributed by atoms with van der Waals surface area (Å²) in [6, 6.07) is 12.5. The SMILES string of the molecule is CCn1c(NNC(=O)/C=C/c2ccc3c(c2)OCO3)nc2ccccc2c1=O. The van der Waals surface area contributed by atoms with Gasteiger partial charge in [-0.3, -0.25) is 25.0 Å². The summed E-state index contributed by atoms with van der Waals surface area (Å²) in [5.41, 5.74) is 6.46. The van der Waals surface area contributed by atoms with E-state index in [2.05, 4.69) is 15.8 Å². The fourth-order valence-corrected chi connectivity index (χ4v) is 2.90. The molecular formula is C20H18N4O4. The van der Waals surface area contributed by atoms with Crippen LogP contribution in [0.25, 0.3) is 17.0 Å². The molecule has 8 heteroatoms. The van der Waals surface area contributed by atoms with Gasteiger partial charge >= 0.3 is 0 Å². The molecule has 0 saturated heterocycles. The number of nitrogens with zero attached hydrogens (tertiary/aromatic N) is 2. The topological polar surface area (TPSA) is 94.5 Å². The second kappa shape index (κ2) is 7.43. The van der Waals surface area contributed by atoms with Crippen LogP contribution in [0.15, 0.2) is 53.3 Å². The Morgan fingerprint density at radius 3 is 2.89 bits per heavy atom. The Balaban J connectivity index is 1.48. The average Bonchev–Trinajstić information content (AvgIpc) is 3.19. The van der Waals surface area contributed by atoms with Crippen molar-refractivity contribution in [2.75, 3.05) is 12.2 Å². The smallest absolute Gasteiger partial charge is 0.262 e. The number of rotatable bonds is 5. The highest BCUT2D eigenvalue weighted by atomic mass is 16.7. The van der Waals surface area contributed by atoms with Crippen molar-refractivity contribution in [2.24, 2.45) is 0 Å². The number of hydrogen-bond donors (Lipinski definition) is 2. The van der Waals surface area contributed by atoms with E-state index in [-0.39, 0.29) is 24.2 Å². The minimum Gasteiger partial charge on any atom is -0.454 e. The minimum absolute atomic E-state index is 0.166. The van der Waals surface area contributed by atoms with Gasteiger partial charge in [-0.1, -0.05) is 18.2 Å². The molecule has 2 N–H and O–H groups in total. The first-order valence-corrected chi connectivity index (χ1v) is 8.79. The molecule has 2 heterocycles. The molecule has 1 aliphatic heterocycles. The molecule has 0 radical (unpaired) electrons. The van der Waals surface area contributed by atoms with Gasteiger partial charge in [-0.25, -0.2) is 4.98 Å². The third kappa shape index (κ3) is 3.39. The van der Waals surface area contributed by atoms with Gasteiger partial charge in [0.05, 0.1) is 10.9 Å². The number of carbonyl (C=O) groups is 1. The van der Waals surface area contributed by atoms with Crippen molar-refractivity contribution in [1.82, 2.24) is 15.0 Å². The van der Waals surface area contributed by atoms with Crippen LogP contribution in [0.2, 0.25) is 0 Å². The van der Waals surface area contributed by atoms with Crippen molar-refractivity contribution < 1.29 is 14.3 Å². The van der Waals surface area contributed by atoms with E-state index in [1.54, 1.807) is 36.4 Å². The van der Waals surface area contributed by atoms with Crippen LogP contribution in [0.5, 0.6) is 11.5 Å². The van der Waals surface area contributed by atoms with Crippen molar-refractivity contribution in [1.29, 1.82) is 0 Å². The zero-order valence-corrected chi connectivity index (χ0v) is 15.1. The molecule has 142 valence electrons. The summed E-state index contributed by atoms with van der Waals surface area (Å²) in [5.74, 6) is 1.22. The quantitative estimate of drug-likeness (QED) is 0.523. The van der Waals surface area contributed by atoms with Gasteiger partial charge in [0.25, 0.3) is 11.5 Å². The summed E-state index contributed by atoms with van der Waals surface area (Å²) in [6.07, 6.45) is 3.03. The Morgan fingerprint density at radius 2 is 2.04 bits per heavy atom. The zero-order valence-electron chi connectivity index (χ0n) is 15.1. The molecule has 3 aromatic rings. The molecule has 0 fully saturated rings. The molecule has 8 nitrogen and oxygen atoms in total. The second-order valence-corrected chi connectivity index (χ2v) is 6.06. The number of aromatic nitrogens is 2. The number of fused-ring (bicyclic) bond motifs is 2. The highest BCUT2D eigenvalue weighted by Gasteiger charge is 2.12. The van der Waals surface area contributed by atoms with Crippen molar-refractivity contribution in [3.05, 3.63) is 64.5 Å². The van der Waals surface area contributed by atoms with Gasteiger partial charge in [0.1, 0.15) is 0 Å². The zero-order chi connectivity index (χ0) is 19.5. The Morgan fingerprint density at radius 1 is 1.21 bits per heavy atom. The van der Waals surface area contributed by atoms with Crippen LogP contribution in [0, 0.1) is 0 Å². The maximum absolute atomic E-state index is 12.6. The summed E-state index contributed by atoms with van der Waals surface area (Å²) < 4.78 is 12.0. The lowest BCUT2D eigenvalue weighted by atomic mass is 10.2. The molecule has 1 aromatic heterocycles. The standard InChI is InChI=1S/C20H18N4O4/c1-2-24-19(26)14-5-3-4-6-15(14)21-20(24)23-22-18(25)10-8-13-7-9-16-17(11-13)28-12-27-16/h3-11H,2,12H2,1H3,(H,21,23)(H,22,25)/b10-8+. The number of benzene rings is 2.